The van der Waals surface area contributed by atoms with Gasteiger partial charge in [-0.3, -0.25) is 4.72 Å². The van der Waals surface area contributed by atoms with Gasteiger partial charge in [0.1, 0.15) is 0 Å². The Bertz CT molecular complexity index is 1040. The van der Waals surface area contributed by atoms with Crippen LogP contribution in [0.1, 0.15) is 11.1 Å². The number of hydrogen-bond donors (Lipinski definition) is 2. The van der Waals surface area contributed by atoms with Gasteiger partial charge in [-0.05, 0) is 60.0 Å². The fraction of sp³-hybridized carbons (Fsp3) is 0.0526. The second kappa shape index (κ2) is 7.13. The largest absolute Gasteiger partial charge is 0.399 e. The lowest BCUT2D eigenvalue weighted by molar-refractivity contribution is 0.507. The molecule has 0 bridgehead atoms. The first kappa shape index (κ1) is 17.9. The molecule has 0 unspecified atom stereocenters. The lowest BCUT2D eigenvalue weighted by Crippen LogP contribution is -2.15. The Morgan fingerprint density at radius 1 is 0.885 bits per heavy atom. The molecule has 3 rings (SSSR count). The van der Waals surface area contributed by atoms with Crippen molar-refractivity contribution >= 4 is 21.4 Å². The van der Waals surface area contributed by atoms with E-state index >= 15 is 0 Å². The number of nitrogens with one attached hydrogen (secondary N) is 1. The van der Waals surface area contributed by atoms with Gasteiger partial charge in [0.2, 0.25) is 0 Å². The Hall–Kier alpha value is -2.93. The van der Waals surface area contributed by atoms with Crippen LogP contribution < -0.4 is 10.5 Å². The first-order valence-corrected chi connectivity index (χ1v) is 9.24. The zero-order valence-corrected chi connectivity index (χ0v) is 14.4. The minimum atomic E-state index is -3.85. The van der Waals surface area contributed by atoms with E-state index in [1.54, 1.807) is 42.5 Å². The number of anilines is 2. The second-order valence-corrected chi connectivity index (χ2v) is 7.41. The van der Waals surface area contributed by atoms with Crippen molar-refractivity contribution in [2.75, 3.05) is 10.5 Å². The number of nitrogens with two attached hydrogens (primary N) is 1. The highest BCUT2D eigenvalue weighted by molar-refractivity contribution is 7.92. The van der Waals surface area contributed by atoms with Crippen LogP contribution in [0.25, 0.3) is 0 Å². The van der Waals surface area contributed by atoms with Crippen LogP contribution >= 0.6 is 0 Å². The van der Waals surface area contributed by atoms with Crippen LogP contribution in [0.15, 0.2) is 71.6 Å². The fourth-order valence-electron chi connectivity index (χ4n) is 2.54. The van der Waals surface area contributed by atoms with Gasteiger partial charge in [-0.25, -0.2) is 17.2 Å². The molecule has 26 heavy (non-hydrogen) atoms. The molecule has 3 aromatic carbocycles. The van der Waals surface area contributed by atoms with E-state index in [0.717, 1.165) is 12.1 Å². The van der Waals surface area contributed by atoms with Gasteiger partial charge >= 0.3 is 0 Å². The predicted molar refractivity (Wildman–Crippen MR) is 97.3 cm³/mol. The van der Waals surface area contributed by atoms with Gasteiger partial charge in [-0.15, -0.1) is 0 Å². The molecule has 0 spiro atoms. The van der Waals surface area contributed by atoms with Gasteiger partial charge in [-0.1, -0.05) is 24.3 Å². The van der Waals surface area contributed by atoms with E-state index in [0.29, 0.717) is 22.5 Å². The standard InChI is InChI=1S/C19H16F2N2O2S/c20-17-10-5-13(12-18(17)21)11-14-3-1-2-4-19(14)26(24,25)23-16-8-6-15(22)7-9-16/h1-10,12,23H,11,22H2. The van der Waals surface area contributed by atoms with Gasteiger partial charge in [0.25, 0.3) is 10.0 Å². The molecule has 7 heteroatoms. The molecule has 0 saturated carbocycles. The van der Waals surface area contributed by atoms with Crippen LogP contribution in [0.2, 0.25) is 0 Å². The lowest BCUT2D eigenvalue weighted by Gasteiger charge is -2.13. The molecule has 0 aliphatic rings. The molecule has 0 atom stereocenters. The van der Waals surface area contributed by atoms with Gasteiger partial charge < -0.3 is 5.73 Å². The molecule has 0 aliphatic heterocycles. The number of rotatable bonds is 5. The first-order valence-electron chi connectivity index (χ1n) is 7.75. The molecule has 3 N–H and O–H groups in total. The van der Waals surface area contributed by atoms with Crippen molar-refractivity contribution in [2.24, 2.45) is 0 Å². The molecule has 0 amide bonds. The summed E-state index contributed by atoms with van der Waals surface area (Å²) in [6, 6.07) is 16.2. The number of sulfonamides is 1. The summed E-state index contributed by atoms with van der Waals surface area (Å²) in [5, 5.41) is 0. The average Bonchev–Trinajstić information content (AvgIpc) is 2.60. The molecule has 0 saturated heterocycles. The van der Waals surface area contributed by atoms with E-state index in [-0.39, 0.29) is 11.3 Å². The zero-order valence-electron chi connectivity index (χ0n) is 13.6. The normalized spacial score (nSPS) is 11.3. The number of hydrogen-bond acceptors (Lipinski definition) is 3. The lowest BCUT2D eigenvalue weighted by atomic mass is 10.0. The minimum Gasteiger partial charge on any atom is -0.399 e. The van der Waals surface area contributed by atoms with Gasteiger partial charge in [0.05, 0.1) is 4.90 Å². The van der Waals surface area contributed by atoms with Crippen LogP contribution in [0, 0.1) is 11.6 Å². The summed E-state index contributed by atoms with van der Waals surface area (Å²) in [5.41, 5.74) is 7.44. The van der Waals surface area contributed by atoms with Gasteiger partial charge in [0, 0.05) is 11.4 Å². The summed E-state index contributed by atoms with van der Waals surface area (Å²) >= 11 is 0. The third-order valence-corrected chi connectivity index (χ3v) is 5.29. The SMILES string of the molecule is Nc1ccc(NS(=O)(=O)c2ccccc2Cc2ccc(F)c(F)c2)cc1. The zero-order chi connectivity index (χ0) is 18.7. The third-order valence-electron chi connectivity index (χ3n) is 3.80. The van der Waals surface area contributed by atoms with E-state index in [4.69, 9.17) is 5.73 Å². The topological polar surface area (TPSA) is 72.2 Å². The first-order chi connectivity index (χ1) is 12.3. The van der Waals surface area contributed by atoms with E-state index in [9.17, 15) is 17.2 Å². The van der Waals surface area contributed by atoms with E-state index in [1.807, 2.05) is 0 Å². The van der Waals surface area contributed by atoms with Crippen LogP contribution in [0.5, 0.6) is 0 Å². The summed E-state index contributed by atoms with van der Waals surface area (Å²) in [5.74, 6) is -1.91. The summed E-state index contributed by atoms with van der Waals surface area (Å²) in [7, 11) is -3.85. The van der Waals surface area contributed by atoms with Gasteiger partial charge in [-0.2, -0.15) is 0 Å². The molecule has 4 nitrogen and oxygen atoms in total. The smallest absolute Gasteiger partial charge is 0.262 e. The van der Waals surface area contributed by atoms with E-state index in [2.05, 4.69) is 4.72 Å². The Morgan fingerprint density at radius 3 is 2.27 bits per heavy atom. The van der Waals surface area contributed by atoms with Crippen molar-refractivity contribution < 1.29 is 17.2 Å². The Labute approximate surface area is 150 Å². The van der Waals surface area contributed by atoms with Crippen molar-refractivity contribution in [3.63, 3.8) is 0 Å². The third kappa shape index (κ3) is 4.00. The molecular weight excluding hydrogens is 358 g/mol. The Kier molecular flexibility index (Phi) is 4.90. The maximum atomic E-state index is 13.4. The van der Waals surface area contributed by atoms with Crippen LogP contribution in [-0.4, -0.2) is 8.42 Å². The van der Waals surface area contributed by atoms with Crippen molar-refractivity contribution in [2.45, 2.75) is 11.3 Å². The predicted octanol–water partition coefficient (Wildman–Crippen LogP) is 3.94. The highest BCUT2D eigenvalue weighted by Gasteiger charge is 2.18. The van der Waals surface area contributed by atoms with Crippen molar-refractivity contribution in [3.8, 4) is 0 Å². The van der Waals surface area contributed by atoms with E-state index in [1.165, 1.54) is 12.1 Å². The molecular formula is C19H16F2N2O2S. The van der Waals surface area contributed by atoms with Crippen molar-refractivity contribution in [1.29, 1.82) is 0 Å². The maximum absolute atomic E-state index is 13.4. The molecule has 0 aromatic heterocycles. The highest BCUT2D eigenvalue weighted by atomic mass is 32.2. The van der Waals surface area contributed by atoms with E-state index < -0.39 is 21.7 Å². The summed E-state index contributed by atoms with van der Waals surface area (Å²) in [6.45, 7) is 0. The number of nitrogen functional groups attached to an aromatic ring is 1. The number of halogens is 2. The molecule has 0 radical (unpaired) electrons. The van der Waals surface area contributed by atoms with Crippen LogP contribution in [0.4, 0.5) is 20.2 Å². The quantitative estimate of drug-likeness (QED) is 0.665. The molecule has 0 aliphatic carbocycles. The summed E-state index contributed by atoms with van der Waals surface area (Å²) in [6.07, 6.45) is 0.149. The van der Waals surface area contributed by atoms with Crippen molar-refractivity contribution in [1.82, 2.24) is 0 Å². The minimum absolute atomic E-state index is 0.0709. The Morgan fingerprint density at radius 2 is 1.58 bits per heavy atom. The average molecular weight is 374 g/mol. The van der Waals surface area contributed by atoms with Crippen LogP contribution in [-0.2, 0) is 16.4 Å². The van der Waals surface area contributed by atoms with Crippen LogP contribution in [0.3, 0.4) is 0 Å². The van der Waals surface area contributed by atoms with Gasteiger partial charge in [0.15, 0.2) is 11.6 Å². The Balaban J connectivity index is 1.92. The number of benzene rings is 3. The molecule has 0 heterocycles. The monoisotopic (exact) mass is 374 g/mol. The highest BCUT2D eigenvalue weighted by Crippen LogP contribution is 2.23. The molecule has 134 valence electrons. The maximum Gasteiger partial charge on any atom is 0.262 e. The summed E-state index contributed by atoms with van der Waals surface area (Å²) < 4.78 is 54.5. The molecule has 0 fully saturated rings. The van der Waals surface area contributed by atoms with Crippen molar-refractivity contribution in [3.05, 3.63) is 89.5 Å². The fourth-order valence-corrected chi connectivity index (χ4v) is 3.84. The summed E-state index contributed by atoms with van der Waals surface area (Å²) in [4.78, 5) is 0.0709. The molecule has 3 aromatic rings. The second-order valence-electron chi connectivity index (χ2n) is 5.76.